The van der Waals surface area contributed by atoms with Crippen molar-refractivity contribution in [1.82, 2.24) is 19.6 Å². The van der Waals surface area contributed by atoms with E-state index in [0.29, 0.717) is 19.6 Å². The summed E-state index contributed by atoms with van der Waals surface area (Å²) >= 11 is 0. The molecular weight excluding hydrogens is 376 g/mol. The number of furan rings is 1. The number of para-hydroxylation sites is 1. The number of benzene rings is 2. The second kappa shape index (κ2) is 7.80. The molecule has 5 rings (SSSR count). The van der Waals surface area contributed by atoms with Crippen LogP contribution in [-0.2, 0) is 17.9 Å². The van der Waals surface area contributed by atoms with E-state index in [1.807, 2.05) is 60.3 Å². The first-order chi connectivity index (χ1) is 14.7. The van der Waals surface area contributed by atoms with Crippen molar-refractivity contribution in [2.45, 2.75) is 13.1 Å². The second-order valence-electron chi connectivity index (χ2n) is 7.86. The minimum absolute atomic E-state index is 0.156. The lowest BCUT2D eigenvalue weighted by atomic mass is 10.1. The van der Waals surface area contributed by atoms with E-state index >= 15 is 0 Å². The standard InChI is InChI=1S/C24H24N4O2/c1-26-11-12-27(17-23(26)29)15-20-16-28(14-18-7-3-2-4-8-18)25-24(20)22-13-19-9-5-6-10-21(19)30-22/h2-10,13,16H,11-12,14-15,17H2,1H3. The second-order valence-corrected chi connectivity index (χ2v) is 7.86. The molecule has 0 aliphatic carbocycles. The van der Waals surface area contributed by atoms with E-state index in [4.69, 9.17) is 9.52 Å². The maximum atomic E-state index is 12.2. The molecule has 0 atom stereocenters. The van der Waals surface area contributed by atoms with Crippen molar-refractivity contribution >= 4 is 16.9 Å². The van der Waals surface area contributed by atoms with Gasteiger partial charge in [-0.2, -0.15) is 5.10 Å². The molecule has 0 unspecified atom stereocenters. The van der Waals surface area contributed by atoms with Crippen molar-refractivity contribution in [3.05, 3.63) is 78.0 Å². The minimum atomic E-state index is 0.156. The lowest BCUT2D eigenvalue weighted by Crippen LogP contribution is -2.47. The van der Waals surface area contributed by atoms with E-state index in [-0.39, 0.29) is 5.91 Å². The van der Waals surface area contributed by atoms with E-state index in [1.165, 1.54) is 5.56 Å². The predicted octanol–water partition coefficient (Wildman–Crippen LogP) is 3.62. The van der Waals surface area contributed by atoms with Gasteiger partial charge in [0.25, 0.3) is 0 Å². The third kappa shape index (κ3) is 3.74. The van der Waals surface area contributed by atoms with Crippen LogP contribution in [0.4, 0.5) is 0 Å². The highest BCUT2D eigenvalue weighted by Crippen LogP contribution is 2.30. The fourth-order valence-electron chi connectivity index (χ4n) is 3.92. The summed E-state index contributed by atoms with van der Waals surface area (Å²) in [4.78, 5) is 16.1. The first-order valence-electron chi connectivity index (χ1n) is 10.2. The summed E-state index contributed by atoms with van der Waals surface area (Å²) in [6, 6.07) is 20.3. The van der Waals surface area contributed by atoms with Crippen molar-refractivity contribution in [2.24, 2.45) is 0 Å². The van der Waals surface area contributed by atoms with E-state index in [0.717, 1.165) is 41.1 Å². The first-order valence-corrected chi connectivity index (χ1v) is 10.2. The Labute approximate surface area is 175 Å². The summed E-state index contributed by atoms with van der Waals surface area (Å²) in [5.41, 5.74) is 3.96. The van der Waals surface area contributed by atoms with Crippen molar-refractivity contribution in [3.63, 3.8) is 0 Å². The zero-order valence-electron chi connectivity index (χ0n) is 17.0. The van der Waals surface area contributed by atoms with Crippen LogP contribution in [-0.4, -0.2) is 52.2 Å². The number of carbonyl (C=O) groups is 1. The van der Waals surface area contributed by atoms with E-state index in [9.17, 15) is 4.79 Å². The zero-order valence-corrected chi connectivity index (χ0v) is 17.0. The van der Waals surface area contributed by atoms with Gasteiger partial charge in [0.1, 0.15) is 11.3 Å². The SMILES string of the molecule is CN1CCN(Cc2cn(Cc3ccccc3)nc2-c2cc3ccccc3o2)CC1=O. The van der Waals surface area contributed by atoms with Crippen molar-refractivity contribution in [3.8, 4) is 11.5 Å². The topological polar surface area (TPSA) is 54.5 Å². The average molecular weight is 400 g/mol. The van der Waals surface area contributed by atoms with Crippen LogP contribution < -0.4 is 0 Å². The number of hydrogen-bond acceptors (Lipinski definition) is 4. The summed E-state index contributed by atoms with van der Waals surface area (Å²) in [5, 5.41) is 5.93. The average Bonchev–Trinajstić information content (AvgIpc) is 3.35. The molecule has 1 saturated heterocycles. The third-order valence-electron chi connectivity index (χ3n) is 5.61. The van der Waals surface area contributed by atoms with Crippen LogP contribution in [0.5, 0.6) is 0 Å². The monoisotopic (exact) mass is 400 g/mol. The van der Waals surface area contributed by atoms with Gasteiger partial charge in [-0.1, -0.05) is 48.5 Å². The van der Waals surface area contributed by atoms with Crippen LogP contribution in [0, 0.1) is 0 Å². The van der Waals surface area contributed by atoms with Gasteiger partial charge in [0.15, 0.2) is 5.76 Å². The largest absolute Gasteiger partial charge is 0.454 e. The molecule has 3 heterocycles. The Kier molecular flexibility index (Phi) is 4.85. The number of nitrogens with zero attached hydrogens (tertiary/aromatic N) is 4. The maximum absolute atomic E-state index is 12.2. The molecule has 0 radical (unpaired) electrons. The lowest BCUT2D eigenvalue weighted by Gasteiger charge is -2.31. The zero-order chi connectivity index (χ0) is 20.5. The number of carbonyl (C=O) groups excluding carboxylic acids is 1. The molecule has 0 N–H and O–H groups in total. The molecule has 6 nitrogen and oxygen atoms in total. The Balaban J connectivity index is 1.49. The lowest BCUT2D eigenvalue weighted by molar-refractivity contribution is -0.134. The van der Waals surface area contributed by atoms with Gasteiger partial charge in [-0.25, -0.2) is 0 Å². The van der Waals surface area contributed by atoms with Gasteiger partial charge in [-0.05, 0) is 17.7 Å². The Morgan fingerprint density at radius 3 is 2.60 bits per heavy atom. The highest BCUT2D eigenvalue weighted by Gasteiger charge is 2.24. The number of fused-ring (bicyclic) bond motifs is 1. The highest BCUT2D eigenvalue weighted by atomic mass is 16.3. The Morgan fingerprint density at radius 1 is 1.00 bits per heavy atom. The number of amides is 1. The highest BCUT2D eigenvalue weighted by molar-refractivity contribution is 5.82. The number of piperazine rings is 1. The van der Waals surface area contributed by atoms with E-state index < -0.39 is 0 Å². The molecule has 0 saturated carbocycles. The van der Waals surface area contributed by atoms with Gasteiger partial charge in [-0.3, -0.25) is 14.4 Å². The number of rotatable bonds is 5. The summed E-state index contributed by atoms with van der Waals surface area (Å²) in [6.07, 6.45) is 2.08. The van der Waals surface area contributed by atoms with Crippen LogP contribution in [0.3, 0.4) is 0 Å². The van der Waals surface area contributed by atoms with E-state index in [2.05, 4.69) is 23.2 Å². The van der Waals surface area contributed by atoms with Gasteiger partial charge < -0.3 is 9.32 Å². The molecule has 1 aliphatic heterocycles. The molecule has 2 aromatic heterocycles. The molecule has 30 heavy (non-hydrogen) atoms. The molecule has 4 aromatic rings. The smallest absolute Gasteiger partial charge is 0.236 e. The molecular formula is C24H24N4O2. The van der Waals surface area contributed by atoms with E-state index in [1.54, 1.807) is 4.90 Å². The van der Waals surface area contributed by atoms with Crippen molar-refractivity contribution < 1.29 is 9.21 Å². The normalized spacial score (nSPS) is 15.2. The molecule has 1 amide bonds. The van der Waals surface area contributed by atoms with Crippen LogP contribution in [0.1, 0.15) is 11.1 Å². The van der Waals surface area contributed by atoms with Crippen LogP contribution in [0.25, 0.3) is 22.4 Å². The first kappa shape index (κ1) is 18.6. The van der Waals surface area contributed by atoms with Crippen molar-refractivity contribution in [2.75, 3.05) is 26.7 Å². The maximum Gasteiger partial charge on any atom is 0.236 e. The van der Waals surface area contributed by atoms with Gasteiger partial charge in [0.2, 0.25) is 5.91 Å². The quantitative estimate of drug-likeness (QED) is 0.514. The molecule has 0 bridgehead atoms. The predicted molar refractivity (Wildman–Crippen MR) is 116 cm³/mol. The van der Waals surface area contributed by atoms with Crippen LogP contribution in [0.2, 0.25) is 0 Å². The molecule has 1 fully saturated rings. The molecule has 0 spiro atoms. The summed E-state index contributed by atoms with van der Waals surface area (Å²) < 4.78 is 8.08. The fourth-order valence-corrected chi connectivity index (χ4v) is 3.92. The molecule has 6 heteroatoms. The molecule has 152 valence electrons. The summed E-state index contributed by atoms with van der Waals surface area (Å²) in [6.45, 7) is 3.39. The van der Waals surface area contributed by atoms with Gasteiger partial charge >= 0.3 is 0 Å². The number of hydrogen-bond donors (Lipinski definition) is 0. The van der Waals surface area contributed by atoms with Crippen LogP contribution >= 0.6 is 0 Å². The number of aromatic nitrogens is 2. The Hall–Kier alpha value is -3.38. The minimum Gasteiger partial charge on any atom is -0.454 e. The third-order valence-corrected chi connectivity index (χ3v) is 5.61. The van der Waals surface area contributed by atoms with Gasteiger partial charge in [0, 0.05) is 43.8 Å². The Bertz CT molecular complexity index is 1150. The molecule has 1 aliphatic rings. The Morgan fingerprint density at radius 2 is 1.80 bits per heavy atom. The molecule has 2 aromatic carbocycles. The fraction of sp³-hybridized carbons (Fsp3) is 0.250. The van der Waals surface area contributed by atoms with Gasteiger partial charge in [-0.15, -0.1) is 0 Å². The summed E-state index contributed by atoms with van der Waals surface area (Å²) in [7, 11) is 1.86. The van der Waals surface area contributed by atoms with Crippen LogP contribution in [0.15, 0.2) is 71.3 Å². The van der Waals surface area contributed by atoms with Gasteiger partial charge in [0.05, 0.1) is 13.1 Å². The summed E-state index contributed by atoms with van der Waals surface area (Å²) in [5.74, 6) is 0.918. The number of likely N-dealkylation sites (N-methyl/N-ethyl adjacent to an activating group) is 1. The van der Waals surface area contributed by atoms with Crippen molar-refractivity contribution in [1.29, 1.82) is 0 Å².